The highest BCUT2D eigenvalue weighted by Gasteiger charge is 2.23. The number of ether oxygens (including phenoxy) is 1. The number of nitrogens with zero attached hydrogens (tertiary/aromatic N) is 1. The van der Waals surface area contributed by atoms with Gasteiger partial charge in [0.15, 0.2) is 0 Å². The molecule has 7 heteroatoms. The van der Waals surface area contributed by atoms with Gasteiger partial charge in [-0.25, -0.2) is 9.59 Å². The Kier molecular flexibility index (Phi) is 6.48. The van der Waals surface area contributed by atoms with Crippen LogP contribution in [0.2, 0.25) is 0 Å². The number of hydrogen-bond donors (Lipinski definition) is 2. The van der Waals surface area contributed by atoms with Crippen LogP contribution in [-0.4, -0.2) is 39.5 Å². The van der Waals surface area contributed by atoms with Crippen molar-refractivity contribution in [3.8, 4) is 0 Å². The molecule has 21 heavy (non-hydrogen) atoms. The third-order valence-corrected chi connectivity index (χ3v) is 3.37. The van der Waals surface area contributed by atoms with Crippen molar-refractivity contribution in [3.63, 3.8) is 0 Å². The molecule has 1 unspecified atom stereocenters. The minimum absolute atomic E-state index is 0.253. The smallest absolute Gasteiger partial charge is 0.408 e. The molecule has 1 aromatic heterocycles. The van der Waals surface area contributed by atoms with Gasteiger partial charge in [0, 0.05) is 23.9 Å². The molecule has 116 valence electrons. The van der Waals surface area contributed by atoms with Gasteiger partial charge in [0.2, 0.25) is 0 Å². The monoisotopic (exact) mass is 312 g/mol. The maximum atomic E-state index is 11.6. The Labute approximate surface area is 128 Å². The molecule has 0 radical (unpaired) electrons. The lowest BCUT2D eigenvalue weighted by atomic mass is 10.2. The second-order valence-corrected chi connectivity index (χ2v) is 6.44. The molecule has 6 nitrogen and oxygen atoms in total. The maximum absolute atomic E-state index is 11.6. The molecule has 0 saturated heterocycles. The highest BCUT2D eigenvalue weighted by Crippen LogP contribution is 2.13. The number of carboxylic acids is 1. The zero-order valence-corrected chi connectivity index (χ0v) is 13.1. The standard InChI is InChI=1S/C14H20N2O4S/c1-14(2,3)20-13(19)16-11(12(17)18)9-21-8-10-5-4-6-15-7-10/h4-7,11H,8-9H2,1-3H3,(H,16,19)(H,17,18). The molecule has 2 N–H and O–H groups in total. The van der Waals surface area contributed by atoms with Gasteiger partial charge in [-0.15, -0.1) is 0 Å². The second kappa shape index (κ2) is 7.87. The van der Waals surface area contributed by atoms with Crippen LogP contribution in [0.25, 0.3) is 0 Å². The predicted molar refractivity (Wildman–Crippen MR) is 81.2 cm³/mol. The van der Waals surface area contributed by atoms with E-state index in [2.05, 4.69) is 10.3 Å². The van der Waals surface area contributed by atoms with Crippen LogP contribution in [0.5, 0.6) is 0 Å². The Bertz CT molecular complexity index is 474. The summed E-state index contributed by atoms with van der Waals surface area (Å²) in [5, 5.41) is 11.5. The molecule has 0 spiro atoms. The number of thioether (sulfide) groups is 1. The molecule has 0 fully saturated rings. The van der Waals surface area contributed by atoms with Crippen LogP contribution < -0.4 is 5.32 Å². The van der Waals surface area contributed by atoms with Crippen LogP contribution in [0.15, 0.2) is 24.5 Å². The highest BCUT2D eigenvalue weighted by atomic mass is 32.2. The fourth-order valence-electron chi connectivity index (χ4n) is 1.40. The van der Waals surface area contributed by atoms with E-state index in [9.17, 15) is 9.59 Å². The van der Waals surface area contributed by atoms with E-state index in [4.69, 9.17) is 9.84 Å². The first kappa shape index (κ1) is 17.3. The summed E-state index contributed by atoms with van der Waals surface area (Å²) in [4.78, 5) is 26.7. The first-order chi connectivity index (χ1) is 9.78. The number of alkyl carbamates (subject to hydrolysis) is 1. The van der Waals surface area contributed by atoms with Crippen molar-refractivity contribution in [2.45, 2.75) is 38.2 Å². The Morgan fingerprint density at radius 1 is 1.48 bits per heavy atom. The third kappa shape index (κ3) is 7.55. The molecule has 1 aromatic rings. The maximum Gasteiger partial charge on any atom is 0.408 e. The van der Waals surface area contributed by atoms with Gasteiger partial charge in [0.1, 0.15) is 11.6 Å². The van der Waals surface area contributed by atoms with E-state index in [0.29, 0.717) is 5.75 Å². The van der Waals surface area contributed by atoms with Gasteiger partial charge in [-0.1, -0.05) is 6.07 Å². The minimum Gasteiger partial charge on any atom is -0.480 e. The zero-order valence-electron chi connectivity index (χ0n) is 12.3. The molecule has 1 heterocycles. The van der Waals surface area contributed by atoms with Gasteiger partial charge in [-0.05, 0) is 32.4 Å². The SMILES string of the molecule is CC(C)(C)OC(=O)NC(CSCc1cccnc1)C(=O)O. The highest BCUT2D eigenvalue weighted by molar-refractivity contribution is 7.98. The molecular formula is C14H20N2O4S. The van der Waals surface area contributed by atoms with Gasteiger partial charge in [-0.2, -0.15) is 11.8 Å². The summed E-state index contributed by atoms with van der Waals surface area (Å²) < 4.78 is 5.05. The fourth-order valence-corrected chi connectivity index (χ4v) is 2.39. The average Bonchev–Trinajstić information content (AvgIpc) is 2.36. The number of carboxylic acid groups (broad SMARTS) is 1. The van der Waals surface area contributed by atoms with Crippen LogP contribution in [-0.2, 0) is 15.3 Å². The summed E-state index contributed by atoms with van der Waals surface area (Å²) in [5.41, 5.74) is 0.347. The van der Waals surface area contributed by atoms with Crippen molar-refractivity contribution < 1.29 is 19.4 Å². The third-order valence-electron chi connectivity index (χ3n) is 2.27. The summed E-state index contributed by atoms with van der Waals surface area (Å²) in [6.07, 6.45) is 2.68. The zero-order chi connectivity index (χ0) is 15.9. The number of aliphatic carboxylic acids is 1. The number of rotatable bonds is 6. The van der Waals surface area contributed by atoms with Crippen LogP contribution >= 0.6 is 11.8 Å². The molecule has 0 bridgehead atoms. The first-order valence-corrected chi connectivity index (χ1v) is 7.62. The van der Waals surface area contributed by atoms with E-state index >= 15 is 0 Å². The Morgan fingerprint density at radius 2 is 2.19 bits per heavy atom. The number of nitrogens with one attached hydrogen (secondary N) is 1. The van der Waals surface area contributed by atoms with Crippen LogP contribution in [0, 0.1) is 0 Å². The van der Waals surface area contributed by atoms with Crippen molar-refractivity contribution in [1.29, 1.82) is 0 Å². The van der Waals surface area contributed by atoms with E-state index in [0.717, 1.165) is 5.56 Å². The van der Waals surface area contributed by atoms with Gasteiger partial charge in [0.25, 0.3) is 0 Å². The van der Waals surface area contributed by atoms with Crippen molar-refractivity contribution in [2.24, 2.45) is 0 Å². The number of hydrogen-bond acceptors (Lipinski definition) is 5. The quantitative estimate of drug-likeness (QED) is 0.838. The Hall–Kier alpha value is -1.76. The summed E-state index contributed by atoms with van der Waals surface area (Å²) in [5.74, 6) is -0.198. The lowest BCUT2D eigenvalue weighted by Crippen LogP contribution is -2.44. The second-order valence-electron chi connectivity index (χ2n) is 5.41. The van der Waals surface area contributed by atoms with Gasteiger partial charge < -0.3 is 15.2 Å². The number of aromatic nitrogens is 1. The molecular weight excluding hydrogens is 292 g/mol. The lowest BCUT2D eigenvalue weighted by Gasteiger charge is -2.21. The Morgan fingerprint density at radius 3 is 2.71 bits per heavy atom. The summed E-state index contributed by atoms with van der Waals surface area (Å²) in [6.45, 7) is 5.17. The van der Waals surface area contributed by atoms with E-state index in [1.165, 1.54) is 11.8 Å². The fraction of sp³-hybridized carbons (Fsp3) is 0.500. The topological polar surface area (TPSA) is 88.5 Å². The van der Waals surface area contributed by atoms with Gasteiger partial charge in [-0.3, -0.25) is 4.98 Å². The number of pyridine rings is 1. The molecule has 0 saturated carbocycles. The molecule has 1 atom stereocenters. The molecule has 0 aliphatic rings. The van der Waals surface area contributed by atoms with Crippen LogP contribution in [0.1, 0.15) is 26.3 Å². The molecule has 0 aliphatic carbocycles. The predicted octanol–water partition coefficient (Wildman–Crippen LogP) is 2.29. The minimum atomic E-state index is -1.08. The van der Waals surface area contributed by atoms with Crippen LogP contribution in [0.4, 0.5) is 4.79 Å². The number of carbonyl (C=O) groups excluding carboxylic acids is 1. The van der Waals surface area contributed by atoms with Crippen molar-refractivity contribution in [2.75, 3.05) is 5.75 Å². The van der Waals surface area contributed by atoms with Crippen molar-refractivity contribution in [3.05, 3.63) is 30.1 Å². The molecule has 0 aromatic carbocycles. The largest absolute Gasteiger partial charge is 0.480 e. The molecule has 0 aliphatic heterocycles. The van der Waals surface area contributed by atoms with Gasteiger partial charge in [0.05, 0.1) is 0 Å². The average molecular weight is 312 g/mol. The van der Waals surface area contributed by atoms with Crippen molar-refractivity contribution in [1.82, 2.24) is 10.3 Å². The molecule has 1 amide bonds. The van der Waals surface area contributed by atoms with E-state index in [1.807, 2.05) is 12.1 Å². The molecule has 1 rings (SSSR count). The summed E-state index contributed by atoms with van der Waals surface area (Å²) >= 11 is 1.41. The van der Waals surface area contributed by atoms with E-state index in [1.54, 1.807) is 33.2 Å². The van der Waals surface area contributed by atoms with E-state index < -0.39 is 23.7 Å². The summed E-state index contributed by atoms with van der Waals surface area (Å²) in [7, 11) is 0. The van der Waals surface area contributed by atoms with E-state index in [-0.39, 0.29) is 5.75 Å². The number of carbonyl (C=O) groups is 2. The lowest BCUT2D eigenvalue weighted by molar-refractivity contribution is -0.138. The summed E-state index contributed by atoms with van der Waals surface area (Å²) in [6, 6.07) is 2.75. The Balaban J connectivity index is 2.43. The first-order valence-electron chi connectivity index (χ1n) is 6.47. The van der Waals surface area contributed by atoms with Crippen molar-refractivity contribution >= 4 is 23.8 Å². The van der Waals surface area contributed by atoms with Crippen LogP contribution in [0.3, 0.4) is 0 Å². The number of amides is 1. The normalized spacial score (nSPS) is 12.5. The van der Waals surface area contributed by atoms with Gasteiger partial charge >= 0.3 is 12.1 Å².